The number of aromatic carboxylic acids is 1. The van der Waals surface area contributed by atoms with E-state index in [1.165, 1.54) is 0 Å². The summed E-state index contributed by atoms with van der Waals surface area (Å²) in [6, 6.07) is 2.13. The van der Waals surface area contributed by atoms with Crippen molar-refractivity contribution in [3.05, 3.63) is 23.5 Å². The van der Waals surface area contributed by atoms with E-state index in [1.54, 1.807) is 0 Å². The molecule has 0 aliphatic heterocycles. The minimum atomic E-state index is -1.34. The zero-order valence-electron chi connectivity index (χ0n) is 7.96. The molecule has 0 aliphatic carbocycles. The molecule has 1 aromatic rings. The summed E-state index contributed by atoms with van der Waals surface area (Å²) >= 11 is 0. The third kappa shape index (κ3) is 2.57. The molecule has 0 unspecified atom stereocenters. The molecule has 0 atom stereocenters. The van der Waals surface area contributed by atoms with Crippen LogP contribution in [0.3, 0.4) is 0 Å². The third-order valence-corrected chi connectivity index (χ3v) is 1.83. The third-order valence-electron chi connectivity index (χ3n) is 1.83. The van der Waals surface area contributed by atoms with Crippen molar-refractivity contribution in [3.8, 4) is 0 Å². The van der Waals surface area contributed by atoms with E-state index in [-0.39, 0.29) is 5.69 Å². The van der Waals surface area contributed by atoms with E-state index in [0.717, 1.165) is 12.1 Å². The Kier molecular flexibility index (Phi) is 3.46. The molecule has 0 bridgehead atoms. The number of rotatable bonds is 4. The highest BCUT2D eigenvalue weighted by Gasteiger charge is 2.13. The highest BCUT2D eigenvalue weighted by molar-refractivity contribution is 5.90. The quantitative estimate of drug-likeness (QED) is 0.545. The molecule has 82 valence electrons. The van der Waals surface area contributed by atoms with Crippen LogP contribution in [0.4, 0.5) is 15.8 Å². The van der Waals surface area contributed by atoms with Crippen LogP contribution in [0.5, 0.6) is 0 Å². The first kappa shape index (κ1) is 11.3. The van der Waals surface area contributed by atoms with Crippen molar-refractivity contribution in [1.82, 2.24) is 0 Å². The fourth-order valence-electron chi connectivity index (χ4n) is 1.11. The van der Waals surface area contributed by atoms with Crippen molar-refractivity contribution in [2.24, 2.45) is 5.73 Å². The van der Waals surface area contributed by atoms with Gasteiger partial charge in [0.1, 0.15) is 5.82 Å². The minimum absolute atomic E-state index is 0.183. The van der Waals surface area contributed by atoms with Crippen LogP contribution >= 0.6 is 0 Å². The molecule has 1 aromatic carbocycles. The molecule has 0 amide bonds. The van der Waals surface area contributed by atoms with Gasteiger partial charge in [-0.05, 0) is 12.1 Å². The van der Waals surface area contributed by atoms with E-state index in [0.29, 0.717) is 18.8 Å². The number of anilines is 2. The molecule has 0 spiro atoms. The number of carboxylic acid groups (broad SMARTS) is 1. The van der Waals surface area contributed by atoms with Crippen LogP contribution in [0.25, 0.3) is 0 Å². The highest BCUT2D eigenvalue weighted by Crippen LogP contribution is 2.22. The minimum Gasteiger partial charge on any atom is -0.478 e. The Hall–Kier alpha value is -1.82. The lowest BCUT2D eigenvalue weighted by molar-refractivity contribution is 0.0692. The number of hydrogen-bond acceptors (Lipinski definition) is 4. The second-order valence-electron chi connectivity index (χ2n) is 2.94. The van der Waals surface area contributed by atoms with Crippen LogP contribution in [-0.2, 0) is 0 Å². The van der Waals surface area contributed by atoms with Crippen molar-refractivity contribution in [2.75, 3.05) is 24.1 Å². The average Bonchev–Trinajstić information content (AvgIpc) is 2.18. The van der Waals surface area contributed by atoms with E-state index in [9.17, 15) is 9.18 Å². The molecule has 0 fully saturated rings. The lowest BCUT2D eigenvalue weighted by Gasteiger charge is -2.09. The molecule has 0 aliphatic rings. The highest BCUT2D eigenvalue weighted by atomic mass is 19.1. The summed E-state index contributed by atoms with van der Waals surface area (Å²) < 4.78 is 13.2. The van der Waals surface area contributed by atoms with Gasteiger partial charge in [-0.25, -0.2) is 9.18 Å². The molecule has 0 aromatic heterocycles. The maximum absolute atomic E-state index is 13.2. The molecule has 0 heterocycles. The van der Waals surface area contributed by atoms with Gasteiger partial charge in [-0.2, -0.15) is 0 Å². The Bertz CT molecular complexity index is 382. The van der Waals surface area contributed by atoms with Gasteiger partial charge in [0, 0.05) is 13.1 Å². The second kappa shape index (κ2) is 4.61. The first-order valence-electron chi connectivity index (χ1n) is 4.32. The van der Waals surface area contributed by atoms with Gasteiger partial charge in [-0.3, -0.25) is 0 Å². The molecule has 0 saturated heterocycles. The second-order valence-corrected chi connectivity index (χ2v) is 2.94. The van der Waals surface area contributed by atoms with Crippen molar-refractivity contribution in [2.45, 2.75) is 0 Å². The first-order chi connectivity index (χ1) is 7.06. The van der Waals surface area contributed by atoms with Crippen molar-refractivity contribution < 1.29 is 14.3 Å². The standard InChI is InChI=1S/C9H12FN3O2/c10-6-4-8(13-2-1-11)7(12)3-5(6)9(14)15/h3-4,13H,1-2,11-12H2,(H,14,15). The Morgan fingerprint density at radius 3 is 2.73 bits per heavy atom. The van der Waals surface area contributed by atoms with Gasteiger partial charge in [-0.15, -0.1) is 0 Å². The number of benzene rings is 1. The zero-order valence-corrected chi connectivity index (χ0v) is 7.96. The van der Waals surface area contributed by atoms with Crippen LogP contribution in [0.1, 0.15) is 10.4 Å². The van der Waals surface area contributed by atoms with Gasteiger partial charge in [0.2, 0.25) is 0 Å². The van der Waals surface area contributed by atoms with E-state index in [4.69, 9.17) is 16.6 Å². The number of halogens is 1. The molecular weight excluding hydrogens is 201 g/mol. The zero-order chi connectivity index (χ0) is 11.4. The Morgan fingerprint density at radius 2 is 2.20 bits per heavy atom. The molecular formula is C9H12FN3O2. The van der Waals surface area contributed by atoms with Crippen molar-refractivity contribution in [3.63, 3.8) is 0 Å². The fraction of sp³-hybridized carbons (Fsp3) is 0.222. The lowest BCUT2D eigenvalue weighted by atomic mass is 10.1. The summed E-state index contributed by atoms with van der Waals surface area (Å²) in [6.45, 7) is 0.817. The topological polar surface area (TPSA) is 101 Å². The summed E-state index contributed by atoms with van der Waals surface area (Å²) in [4.78, 5) is 10.6. The summed E-state index contributed by atoms with van der Waals surface area (Å²) in [5.74, 6) is -2.17. The van der Waals surface area contributed by atoms with Crippen LogP contribution in [0, 0.1) is 5.82 Å². The van der Waals surface area contributed by atoms with Gasteiger partial charge in [-0.1, -0.05) is 0 Å². The van der Waals surface area contributed by atoms with E-state index in [1.807, 2.05) is 0 Å². The number of nitrogens with one attached hydrogen (secondary N) is 1. The predicted molar refractivity (Wildman–Crippen MR) is 55.3 cm³/mol. The number of carbonyl (C=O) groups is 1. The molecule has 6 N–H and O–H groups in total. The number of carboxylic acids is 1. The largest absolute Gasteiger partial charge is 0.478 e. The number of nitrogens with two attached hydrogens (primary N) is 2. The van der Waals surface area contributed by atoms with Crippen molar-refractivity contribution in [1.29, 1.82) is 0 Å². The Morgan fingerprint density at radius 1 is 1.53 bits per heavy atom. The maximum Gasteiger partial charge on any atom is 0.338 e. The SMILES string of the molecule is NCCNc1cc(F)c(C(=O)O)cc1N. The molecule has 0 saturated carbocycles. The monoisotopic (exact) mass is 213 g/mol. The van der Waals surface area contributed by atoms with E-state index in [2.05, 4.69) is 5.32 Å². The summed E-state index contributed by atoms with van der Waals surface area (Å²) in [5, 5.41) is 11.4. The lowest BCUT2D eigenvalue weighted by Crippen LogP contribution is -2.15. The van der Waals surface area contributed by atoms with Crippen LogP contribution in [-0.4, -0.2) is 24.2 Å². The predicted octanol–water partition coefficient (Wildman–Crippen LogP) is 0.477. The average molecular weight is 213 g/mol. The normalized spacial score (nSPS) is 10.0. The van der Waals surface area contributed by atoms with Gasteiger partial charge in [0.05, 0.1) is 16.9 Å². The molecule has 5 nitrogen and oxygen atoms in total. The summed E-state index contributed by atoms with van der Waals surface area (Å²) in [7, 11) is 0. The van der Waals surface area contributed by atoms with E-state index >= 15 is 0 Å². The smallest absolute Gasteiger partial charge is 0.338 e. The molecule has 1 rings (SSSR count). The molecule has 6 heteroatoms. The summed E-state index contributed by atoms with van der Waals surface area (Å²) in [5.41, 5.74) is 10.9. The fourth-order valence-corrected chi connectivity index (χ4v) is 1.11. The molecule has 15 heavy (non-hydrogen) atoms. The van der Waals surface area contributed by atoms with Gasteiger partial charge < -0.3 is 21.9 Å². The van der Waals surface area contributed by atoms with Crippen LogP contribution in [0.2, 0.25) is 0 Å². The van der Waals surface area contributed by atoms with Crippen LogP contribution in [0.15, 0.2) is 12.1 Å². The van der Waals surface area contributed by atoms with Gasteiger partial charge >= 0.3 is 5.97 Å². The summed E-state index contributed by atoms with van der Waals surface area (Å²) in [6.07, 6.45) is 0. The number of nitrogen functional groups attached to an aromatic ring is 1. The van der Waals surface area contributed by atoms with Gasteiger partial charge in [0.25, 0.3) is 0 Å². The van der Waals surface area contributed by atoms with Crippen LogP contribution < -0.4 is 16.8 Å². The van der Waals surface area contributed by atoms with Gasteiger partial charge in [0.15, 0.2) is 0 Å². The first-order valence-corrected chi connectivity index (χ1v) is 4.32. The Labute approximate surface area is 85.9 Å². The van der Waals surface area contributed by atoms with E-state index < -0.39 is 17.3 Å². The van der Waals surface area contributed by atoms with Crippen molar-refractivity contribution >= 4 is 17.3 Å². The maximum atomic E-state index is 13.2. The number of hydrogen-bond donors (Lipinski definition) is 4. The Balaban J connectivity index is 3.02. The molecule has 0 radical (unpaired) electrons.